The van der Waals surface area contributed by atoms with E-state index in [2.05, 4.69) is 149 Å². The maximum Gasteiger partial charge on any atom is 0.161 e. The van der Waals surface area contributed by atoms with Gasteiger partial charge in [-0.25, -0.2) is 9.98 Å². The number of aliphatic imine (C=N–C) groups is 3. The summed E-state index contributed by atoms with van der Waals surface area (Å²) >= 11 is 0. The van der Waals surface area contributed by atoms with Crippen LogP contribution < -0.4 is 0 Å². The highest BCUT2D eigenvalue weighted by molar-refractivity contribution is 6.23. The third-order valence-corrected chi connectivity index (χ3v) is 9.76. The number of hydrogen-bond donors (Lipinski definition) is 0. The molecule has 0 fully saturated rings. The Morgan fingerprint density at radius 2 is 1.19 bits per heavy atom. The van der Waals surface area contributed by atoms with E-state index in [1.807, 2.05) is 48.5 Å². The maximum atomic E-state index is 5.05. The molecule has 0 saturated heterocycles. The number of rotatable bonds is 6. The van der Waals surface area contributed by atoms with Crippen LogP contribution in [0.1, 0.15) is 22.3 Å². The number of amidine groups is 2. The van der Waals surface area contributed by atoms with Gasteiger partial charge in [-0.15, -0.1) is 0 Å². The van der Waals surface area contributed by atoms with E-state index >= 15 is 0 Å². The van der Waals surface area contributed by atoms with Crippen molar-refractivity contribution in [2.24, 2.45) is 15.0 Å². The van der Waals surface area contributed by atoms with Gasteiger partial charge in [-0.3, -0.25) is 4.99 Å². The van der Waals surface area contributed by atoms with Gasteiger partial charge in [0.1, 0.15) is 0 Å². The number of para-hydroxylation sites is 2. The molecule has 9 rings (SSSR count). The third kappa shape index (κ3) is 5.49. The van der Waals surface area contributed by atoms with Crippen LogP contribution >= 0.6 is 0 Å². The molecule has 0 aliphatic heterocycles. The van der Waals surface area contributed by atoms with E-state index in [0.717, 1.165) is 39.1 Å². The standard InChI is InChI=1S/C47H35N5/c1-32-28-35(47(49-31-33-14-6-3-7-15-33)50-46(48-2)34-16-8-4-9-17-34)30-37(29-32)51-27-26-40-38-22-23-42-39-20-12-13-21-44(39)52(36-18-10-5-11-19-36)45(42)41(38)24-25-43(40)51/h3-30H,2,31H2,1H3. The van der Waals surface area contributed by atoms with Crippen molar-refractivity contribution in [2.45, 2.75) is 13.5 Å². The van der Waals surface area contributed by atoms with Crippen molar-refractivity contribution in [3.8, 4) is 11.4 Å². The molecule has 0 atom stereocenters. The molecular weight excluding hydrogens is 635 g/mol. The van der Waals surface area contributed by atoms with Crippen LogP contribution in [0, 0.1) is 6.92 Å². The lowest BCUT2D eigenvalue weighted by molar-refractivity contribution is 1.06. The minimum atomic E-state index is 0.495. The van der Waals surface area contributed by atoms with Gasteiger partial charge in [0.05, 0.1) is 23.1 Å². The molecular formula is C47H35N5. The van der Waals surface area contributed by atoms with Crippen molar-refractivity contribution in [1.29, 1.82) is 0 Å². The molecule has 0 N–H and O–H groups in total. The van der Waals surface area contributed by atoms with Gasteiger partial charge >= 0.3 is 0 Å². The van der Waals surface area contributed by atoms with Gasteiger partial charge in [-0.05, 0) is 78.7 Å². The van der Waals surface area contributed by atoms with E-state index in [4.69, 9.17) is 9.98 Å². The molecule has 2 heterocycles. The van der Waals surface area contributed by atoms with E-state index in [-0.39, 0.29) is 0 Å². The zero-order valence-electron chi connectivity index (χ0n) is 28.8. The summed E-state index contributed by atoms with van der Waals surface area (Å²) < 4.78 is 4.67. The second-order valence-electron chi connectivity index (χ2n) is 13.1. The lowest BCUT2D eigenvalue weighted by Gasteiger charge is -2.13. The molecule has 5 heteroatoms. The van der Waals surface area contributed by atoms with Crippen molar-refractivity contribution < 1.29 is 0 Å². The lowest BCUT2D eigenvalue weighted by Crippen LogP contribution is -2.07. The van der Waals surface area contributed by atoms with Crippen LogP contribution in [0.4, 0.5) is 0 Å². The van der Waals surface area contributed by atoms with E-state index in [0.29, 0.717) is 18.2 Å². The average molecular weight is 670 g/mol. The average Bonchev–Trinajstić information content (AvgIpc) is 3.79. The highest BCUT2D eigenvalue weighted by atomic mass is 15.0. The number of aryl methyl sites for hydroxylation is 1. The first-order valence-electron chi connectivity index (χ1n) is 17.5. The first-order valence-corrected chi connectivity index (χ1v) is 17.5. The van der Waals surface area contributed by atoms with Crippen LogP contribution in [0.3, 0.4) is 0 Å². The van der Waals surface area contributed by atoms with Gasteiger partial charge in [-0.2, -0.15) is 0 Å². The van der Waals surface area contributed by atoms with Gasteiger partial charge in [0, 0.05) is 50.2 Å². The van der Waals surface area contributed by atoms with Crippen LogP contribution in [0.25, 0.3) is 54.9 Å². The smallest absolute Gasteiger partial charge is 0.161 e. The minimum Gasteiger partial charge on any atom is -0.317 e. The number of nitrogens with zero attached hydrogens (tertiary/aromatic N) is 5. The van der Waals surface area contributed by atoms with E-state index in [9.17, 15) is 0 Å². The minimum absolute atomic E-state index is 0.495. The summed E-state index contributed by atoms with van der Waals surface area (Å²) in [4.78, 5) is 14.4. The SMILES string of the molecule is C=NC(=NC(=NCc1ccccc1)c1cc(C)cc(-n2ccc3c4ccc5c6ccccc6n(-c6ccccc6)c5c4ccc32)c1)c1ccccc1. The van der Waals surface area contributed by atoms with Crippen molar-refractivity contribution in [2.75, 3.05) is 0 Å². The number of fused-ring (bicyclic) bond motifs is 7. The Labute approximate surface area is 302 Å². The molecule has 7 aromatic carbocycles. The first kappa shape index (κ1) is 31.2. The first-order chi connectivity index (χ1) is 25.7. The number of benzene rings is 7. The molecule has 248 valence electrons. The molecule has 0 radical (unpaired) electrons. The third-order valence-electron chi connectivity index (χ3n) is 9.76. The van der Waals surface area contributed by atoms with Crippen molar-refractivity contribution in [3.05, 3.63) is 192 Å². The van der Waals surface area contributed by atoms with E-state index < -0.39 is 0 Å². The zero-order valence-corrected chi connectivity index (χ0v) is 28.8. The Bertz CT molecular complexity index is 2820. The predicted molar refractivity (Wildman–Crippen MR) is 219 cm³/mol. The zero-order chi connectivity index (χ0) is 35.0. The van der Waals surface area contributed by atoms with Crippen molar-refractivity contribution >= 4 is 61.9 Å². The number of hydrogen-bond acceptors (Lipinski definition) is 1. The Morgan fingerprint density at radius 1 is 0.538 bits per heavy atom. The Morgan fingerprint density at radius 3 is 1.98 bits per heavy atom. The summed E-state index contributed by atoms with van der Waals surface area (Å²) in [6.45, 7) is 6.46. The largest absolute Gasteiger partial charge is 0.317 e. The van der Waals surface area contributed by atoms with Gasteiger partial charge in [0.15, 0.2) is 11.7 Å². The normalized spacial score (nSPS) is 12.3. The molecule has 9 aromatic rings. The quantitative estimate of drug-likeness (QED) is 0.125. The highest BCUT2D eigenvalue weighted by Crippen LogP contribution is 2.39. The summed E-state index contributed by atoms with van der Waals surface area (Å²) in [6, 6.07) is 57.4. The fraction of sp³-hybridized carbons (Fsp3) is 0.0426. The number of aromatic nitrogens is 2. The van der Waals surface area contributed by atoms with Crippen LogP contribution in [0.5, 0.6) is 0 Å². The summed E-state index contributed by atoms with van der Waals surface area (Å²) in [7, 11) is 0. The molecule has 52 heavy (non-hydrogen) atoms. The van der Waals surface area contributed by atoms with Gasteiger partial charge < -0.3 is 9.13 Å². The topological polar surface area (TPSA) is 46.9 Å². The Hall–Kier alpha value is -6.85. The van der Waals surface area contributed by atoms with Crippen LogP contribution in [-0.4, -0.2) is 27.5 Å². The molecule has 0 spiro atoms. The summed E-state index contributed by atoms with van der Waals surface area (Å²) in [5.41, 5.74) is 9.78. The molecule has 0 aliphatic carbocycles. The second-order valence-corrected chi connectivity index (χ2v) is 13.1. The summed E-state index contributed by atoms with van der Waals surface area (Å²) in [5.74, 6) is 1.14. The summed E-state index contributed by atoms with van der Waals surface area (Å²) in [6.07, 6.45) is 2.17. The van der Waals surface area contributed by atoms with Crippen molar-refractivity contribution in [1.82, 2.24) is 9.13 Å². The van der Waals surface area contributed by atoms with Crippen molar-refractivity contribution in [3.63, 3.8) is 0 Å². The fourth-order valence-electron chi connectivity index (χ4n) is 7.41. The molecule has 0 saturated carbocycles. The second kappa shape index (κ2) is 13.1. The van der Waals surface area contributed by atoms with E-state index in [1.165, 1.54) is 38.0 Å². The molecule has 0 aliphatic rings. The summed E-state index contributed by atoms with van der Waals surface area (Å²) in [5, 5.41) is 6.15. The highest BCUT2D eigenvalue weighted by Gasteiger charge is 2.17. The van der Waals surface area contributed by atoms with Gasteiger partial charge in [-0.1, -0.05) is 115 Å². The Balaban J connectivity index is 1.20. The van der Waals surface area contributed by atoms with Gasteiger partial charge in [0.2, 0.25) is 0 Å². The predicted octanol–water partition coefficient (Wildman–Crippen LogP) is 11.3. The molecule has 2 aromatic heterocycles. The maximum absolute atomic E-state index is 5.05. The van der Waals surface area contributed by atoms with E-state index in [1.54, 1.807) is 0 Å². The molecule has 0 bridgehead atoms. The molecule has 0 unspecified atom stereocenters. The van der Waals surface area contributed by atoms with Crippen LogP contribution in [-0.2, 0) is 6.54 Å². The Kier molecular flexibility index (Phi) is 7.86. The monoisotopic (exact) mass is 669 g/mol. The lowest BCUT2D eigenvalue weighted by atomic mass is 10.0. The fourth-order valence-corrected chi connectivity index (χ4v) is 7.41. The van der Waals surface area contributed by atoms with Crippen LogP contribution in [0.15, 0.2) is 185 Å². The molecule has 0 amide bonds. The van der Waals surface area contributed by atoms with Crippen LogP contribution in [0.2, 0.25) is 0 Å². The molecule has 5 nitrogen and oxygen atoms in total. The van der Waals surface area contributed by atoms with Gasteiger partial charge in [0.25, 0.3) is 0 Å².